The normalized spacial score (nSPS) is 11.7. The molecule has 3 rings (SSSR count). The Bertz CT molecular complexity index is 920. The molecule has 140 valence electrons. The van der Waals surface area contributed by atoms with E-state index in [2.05, 4.69) is 21.7 Å². The van der Waals surface area contributed by atoms with E-state index in [0.717, 1.165) is 22.5 Å². The first-order valence-corrected chi connectivity index (χ1v) is 8.78. The number of aromatic nitrogens is 2. The van der Waals surface area contributed by atoms with Gasteiger partial charge in [-0.2, -0.15) is 0 Å². The number of methoxy groups -OCH3 is 1. The summed E-state index contributed by atoms with van der Waals surface area (Å²) in [5.41, 5.74) is 3.06. The van der Waals surface area contributed by atoms with Crippen LogP contribution in [-0.2, 0) is 13.6 Å². The number of rotatable bonds is 6. The van der Waals surface area contributed by atoms with E-state index in [1.54, 1.807) is 13.3 Å². The van der Waals surface area contributed by atoms with E-state index >= 15 is 0 Å². The molecule has 0 aliphatic rings. The number of carbonyl (C=O) groups is 1. The van der Waals surface area contributed by atoms with E-state index in [-0.39, 0.29) is 6.03 Å². The van der Waals surface area contributed by atoms with Gasteiger partial charge in [-0.1, -0.05) is 48.0 Å². The molecule has 1 atom stereocenters. The van der Waals surface area contributed by atoms with Gasteiger partial charge in [0, 0.05) is 31.5 Å². The van der Waals surface area contributed by atoms with E-state index in [0.29, 0.717) is 12.3 Å². The summed E-state index contributed by atoms with van der Waals surface area (Å²) in [6.07, 6.45) is 3.56. The van der Waals surface area contributed by atoms with Gasteiger partial charge in [0.25, 0.3) is 0 Å². The van der Waals surface area contributed by atoms with Crippen molar-refractivity contribution in [1.29, 1.82) is 0 Å². The number of amides is 2. The van der Waals surface area contributed by atoms with Gasteiger partial charge in [0.1, 0.15) is 17.6 Å². The van der Waals surface area contributed by atoms with Gasteiger partial charge >= 0.3 is 6.03 Å². The molecule has 0 saturated heterocycles. The zero-order valence-corrected chi connectivity index (χ0v) is 15.8. The SMILES string of the molecule is COc1ccccc1C(NC(=O)NCc1cccc(C)c1)c1nccn1C. The van der Waals surface area contributed by atoms with Crippen molar-refractivity contribution in [3.63, 3.8) is 0 Å². The molecule has 27 heavy (non-hydrogen) atoms. The lowest BCUT2D eigenvalue weighted by Gasteiger charge is -2.21. The molecule has 0 bridgehead atoms. The van der Waals surface area contributed by atoms with Crippen LogP contribution in [0.1, 0.15) is 28.6 Å². The molecule has 3 aromatic rings. The average molecular weight is 364 g/mol. The molecular formula is C21H24N4O2. The number of aryl methyl sites for hydroxylation is 2. The van der Waals surface area contributed by atoms with Crippen molar-refractivity contribution in [1.82, 2.24) is 20.2 Å². The van der Waals surface area contributed by atoms with Crippen molar-refractivity contribution in [2.75, 3.05) is 7.11 Å². The summed E-state index contributed by atoms with van der Waals surface area (Å²) in [4.78, 5) is 17.0. The van der Waals surface area contributed by atoms with Crippen molar-refractivity contribution >= 4 is 6.03 Å². The van der Waals surface area contributed by atoms with Crippen LogP contribution in [-0.4, -0.2) is 22.7 Å². The minimum atomic E-state index is -0.432. The Morgan fingerprint density at radius 1 is 1.22 bits per heavy atom. The number of carbonyl (C=O) groups excluding carboxylic acids is 1. The van der Waals surface area contributed by atoms with Crippen molar-refractivity contribution in [2.24, 2.45) is 7.05 Å². The van der Waals surface area contributed by atoms with Crippen LogP contribution in [0.15, 0.2) is 60.9 Å². The van der Waals surface area contributed by atoms with Crippen molar-refractivity contribution < 1.29 is 9.53 Å². The van der Waals surface area contributed by atoms with Crippen LogP contribution in [0.2, 0.25) is 0 Å². The lowest BCUT2D eigenvalue weighted by atomic mass is 10.0. The first-order valence-electron chi connectivity index (χ1n) is 8.78. The maximum atomic E-state index is 12.6. The minimum Gasteiger partial charge on any atom is -0.496 e. The molecule has 0 aliphatic carbocycles. The van der Waals surface area contributed by atoms with Crippen LogP contribution < -0.4 is 15.4 Å². The van der Waals surface area contributed by atoms with Gasteiger partial charge < -0.3 is 19.9 Å². The zero-order valence-electron chi connectivity index (χ0n) is 15.8. The maximum Gasteiger partial charge on any atom is 0.315 e. The molecule has 0 fully saturated rings. The average Bonchev–Trinajstić information content (AvgIpc) is 3.10. The van der Waals surface area contributed by atoms with Gasteiger partial charge in [-0.3, -0.25) is 0 Å². The largest absolute Gasteiger partial charge is 0.496 e. The molecular weight excluding hydrogens is 340 g/mol. The number of ether oxygens (including phenoxy) is 1. The Hall–Kier alpha value is -3.28. The first-order chi connectivity index (χ1) is 13.1. The van der Waals surface area contributed by atoms with E-state index in [9.17, 15) is 4.79 Å². The quantitative estimate of drug-likeness (QED) is 0.705. The van der Waals surface area contributed by atoms with Gasteiger partial charge in [0.2, 0.25) is 0 Å². The highest BCUT2D eigenvalue weighted by molar-refractivity contribution is 5.75. The standard InChI is InChI=1S/C21H24N4O2/c1-15-7-6-8-16(13-15)14-23-21(26)24-19(20-22-11-12-25(20)2)17-9-4-5-10-18(17)27-3/h4-13,19H,14H2,1-3H3,(H2,23,24,26). The Kier molecular flexibility index (Phi) is 5.76. The van der Waals surface area contributed by atoms with Crippen LogP contribution >= 0.6 is 0 Å². The number of nitrogens with zero attached hydrogens (tertiary/aromatic N) is 2. The summed E-state index contributed by atoms with van der Waals surface area (Å²) in [5.74, 6) is 1.43. The van der Waals surface area contributed by atoms with Gasteiger partial charge in [-0.05, 0) is 18.6 Å². The number of benzene rings is 2. The van der Waals surface area contributed by atoms with Crippen LogP contribution in [0.5, 0.6) is 5.75 Å². The molecule has 0 saturated carbocycles. The predicted molar refractivity (Wildman–Crippen MR) is 105 cm³/mol. The summed E-state index contributed by atoms with van der Waals surface area (Å²) in [6.45, 7) is 2.48. The van der Waals surface area contributed by atoms with Crippen molar-refractivity contribution in [2.45, 2.75) is 19.5 Å². The van der Waals surface area contributed by atoms with Crippen LogP contribution in [0.25, 0.3) is 0 Å². The fourth-order valence-electron chi connectivity index (χ4n) is 3.03. The number of nitrogens with one attached hydrogen (secondary N) is 2. The highest BCUT2D eigenvalue weighted by atomic mass is 16.5. The molecule has 0 radical (unpaired) electrons. The molecule has 1 unspecified atom stereocenters. The third kappa shape index (κ3) is 4.47. The summed E-state index contributed by atoms with van der Waals surface area (Å²) in [5, 5.41) is 5.94. The molecule has 6 nitrogen and oxygen atoms in total. The number of hydrogen-bond donors (Lipinski definition) is 2. The summed E-state index contributed by atoms with van der Waals surface area (Å²) < 4.78 is 7.37. The Balaban J connectivity index is 1.79. The molecule has 2 amide bonds. The van der Waals surface area contributed by atoms with E-state index < -0.39 is 6.04 Å². The number of para-hydroxylation sites is 1. The molecule has 1 aromatic heterocycles. The third-order valence-electron chi connectivity index (χ3n) is 4.38. The number of hydrogen-bond acceptors (Lipinski definition) is 3. The number of urea groups is 1. The van der Waals surface area contributed by atoms with Crippen LogP contribution in [0.4, 0.5) is 4.79 Å². The Morgan fingerprint density at radius 3 is 2.74 bits per heavy atom. The lowest BCUT2D eigenvalue weighted by molar-refractivity contribution is 0.237. The summed E-state index contributed by atoms with van der Waals surface area (Å²) >= 11 is 0. The second kappa shape index (κ2) is 8.40. The minimum absolute atomic E-state index is 0.268. The smallest absolute Gasteiger partial charge is 0.315 e. The fraction of sp³-hybridized carbons (Fsp3) is 0.238. The topological polar surface area (TPSA) is 68.2 Å². The molecule has 6 heteroatoms. The second-order valence-electron chi connectivity index (χ2n) is 6.39. The van der Waals surface area contributed by atoms with Crippen LogP contribution in [0.3, 0.4) is 0 Å². The van der Waals surface area contributed by atoms with Gasteiger partial charge in [0.15, 0.2) is 0 Å². The summed E-state index contributed by atoms with van der Waals surface area (Å²) in [7, 11) is 3.52. The van der Waals surface area contributed by atoms with Crippen LogP contribution in [0, 0.1) is 6.92 Å². The summed E-state index contributed by atoms with van der Waals surface area (Å²) in [6, 6.07) is 15.0. The van der Waals surface area contributed by atoms with Gasteiger partial charge in [-0.15, -0.1) is 0 Å². The molecule has 2 N–H and O–H groups in total. The fourth-order valence-corrected chi connectivity index (χ4v) is 3.03. The van der Waals surface area contributed by atoms with E-state index in [1.165, 1.54) is 0 Å². The van der Waals surface area contributed by atoms with E-state index in [4.69, 9.17) is 4.74 Å². The predicted octanol–water partition coefficient (Wildman–Crippen LogP) is 3.33. The molecule has 1 heterocycles. The first kappa shape index (κ1) is 18.5. The number of imidazole rings is 1. The highest BCUT2D eigenvalue weighted by Gasteiger charge is 2.23. The molecule has 0 aliphatic heterocycles. The second-order valence-corrected chi connectivity index (χ2v) is 6.39. The van der Waals surface area contributed by atoms with Crippen molar-refractivity contribution in [3.05, 3.63) is 83.4 Å². The van der Waals surface area contributed by atoms with Gasteiger partial charge in [-0.25, -0.2) is 9.78 Å². The molecule has 0 spiro atoms. The monoisotopic (exact) mass is 364 g/mol. The highest BCUT2D eigenvalue weighted by Crippen LogP contribution is 2.28. The zero-order chi connectivity index (χ0) is 19.2. The molecule has 2 aromatic carbocycles. The Morgan fingerprint density at radius 2 is 2.04 bits per heavy atom. The Labute approximate surface area is 159 Å². The van der Waals surface area contributed by atoms with Crippen molar-refractivity contribution in [3.8, 4) is 5.75 Å². The third-order valence-corrected chi connectivity index (χ3v) is 4.38. The van der Waals surface area contributed by atoms with Gasteiger partial charge in [0.05, 0.1) is 7.11 Å². The van der Waals surface area contributed by atoms with E-state index in [1.807, 2.05) is 67.2 Å². The maximum absolute atomic E-state index is 12.6. The lowest BCUT2D eigenvalue weighted by Crippen LogP contribution is -2.39.